The lowest BCUT2D eigenvalue weighted by Crippen LogP contribution is -2.51. The van der Waals surface area contributed by atoms with Crippen LogP contribution >= 0.6 is 11.8 Å². The van der Waals surface area contributed by atoms with Crippen LogP contribution in [0.1, 0.15) is 6.92 Å². The molecular weight excluding hydrogens is 418 g/mol. The Morgan fingerprint density at radius 2 is 1.68 bits per heavy atom. The van der Waals surface area contributed by atoms with Gasteiger partial charge in [0.05, 0.1) is 17.3 Å². The number of ether oxygens (including phenoxy) is 2. The minimum Gasteiger partial charge on any atom is -0.497 e. The summed E-state index contributed by atoms with van der Waals surface area (Å²) in [7, 11) is 1.63. The summed E-state index contributed by atoms with van der Waals surface area (Å²) in [6, 6.07) is 13.8. The Bertz CT molecular complexity index is 868. The maximum Gasteiger partial charge on any atom is 0.269 e. The van der Waals surface area contributed by atoms with E-state index in [4.69, 9.17) is 9.47 Å². The minimum absolute atomic E-state index is 0.0513. The number of methoxy groups -OCH3 is 1. The van der Waals surface area contributed by atoms with Crippen molar-refractivity contribution in [2.24, 2.45) is 0 Å². The van der Waals surface area contributed by atoms with Crippen LogP contribution in [0.15, 0.2) is 53.4 Å². The number of nitrogens with zero attached hydrogens (tertiary/aromatic N) is 3. The average molecular weight is 446 g/mol. The minimum atomic E-state index is -0.426. The van der Waals surface area contributed by atoms with Gasteiger partial charge in [-0.15, -0.1) is 11.8 Å². The topological polar surface area (TPSA) is 85.2 Å². The number of rotatable bonds is 9. The largest absolute Gasteiger partial charge is 0.497 e. The van der Waals surface area contributed by atoms with Gasteiger partial charge in [-0.05, 0) is 43.3 Å². The van der Waals surface area contributed by atoms with Crippen molar-refractivity contribution in [2.45, 2.75) is 17.1 Å². The first-order valence-electron chi connectivity index (χ1n) is 10.2. The normalized spacial score (nSPS) is 15.4. The summed E-state index contributed by atoms with van der Waals surface area (Å²) in [5.74, 6) is 1.71. The first kappa shape index (κ1) is 22.9. The molecule has 1 fully saturated rings. The Hall–Kier alpha value is -2.78. The molecule has 9 heteroatoms. The average Bonchev–Trinajstić information content (AvgIpc) is 2.80. The molecule has 31 heavy (non-hydrogen) atoms. The van der Waals surface area contributed by atoms with Crippen LogP contribution in [0.5, 0.6) is 11.5 Å². The standard InChI is InChI=1S/C22H27N3O5S/c1-17(31-21-9-3-18(4-10-21)25(27)28)22(26)24-13-11-23(12-14-24)15-16-30-20-7-5-19(29-2)6-8-20/h3-10,17H,11-16H2,1-2H3/t17-/m1/s1. The van der Waals surface area contributed by atoms with E-state index in [0.717, 1.165) is 36.0 Å². The van der Waals surface area contributed by atoms with Gasteiger partial charge in [0.25, 0.3) is 5.69 Å². The van der Waals surface area contributed by atoms with Crippen molar-refractivity contribution in [3.63, 3.8) is 0 Å². The maximum absolute atomic E-state index is 12.8. The number of amides is 1. The van der Waals surface area contributed by atoms with Crippen molar-refractivity contribution in [3.05, 3.63) is 58.6 Å². The lowest BCUT2D eigenvalue weighted by atomic mass is 10.3. The molecule has 2 aromatic rings. The van der Waals surface area contributed by atoms with Crippen LogP contribution in [-0.2, 0) is 4.79 Å². The molecule has 1 aliphatic heterocycles. The molecule has 1 atom stereocenters. The third kappa shape index (κ3) is 6.60. The van der Waals surface area contributed by atoms with E-state index in [1.54, 1.807) is 19.2 Å². The molecule has 0 radical (unpaired) electrons. The zero-order valence-electron chi connectivity index (χ0n) is 17.7. The van der Waals surface area contributed by atoms with Crippen LogP contribution in [0, 0.1) is 10.1 Å². The summed E-state index contributed by atoms with van der Waals surface area (Å²) >= 11 is 1.42. The number of piperazine rings is 1. The Morgan fingerprint density at radius 3 is 2.26 bits per heavy atom. The number of carbonyl (C=O) groups excluding carboxylic acids is 1. The van der Waals surface area contributed by atoms with E-state index in [9.17, 15) is 14.9 Å². The van der Waals surface area contributed by atoms with Crippen LogP contribution in [0.4, 0.5) is 5.69 Å². The monoisotopic (exact) mass is 445 g/mol. The second-order valence-electron chi connectivity index (χ2n) is 7.20. The van der Waals surface area contributed by atoms with E-state index in [1.807, 2.05) is 36.1 Å². The number of benzene rings is 2. The molecule has 1 amide bonds. The zero-order valence-corrected chi connectivity index (χ0v) is 18.5. The third-order valence-electron chi connectivity index (χ3n) is 5.13. The SMILES string of the molecule is COc1ccc(OCCN2CCN(C(=O)[C@@H](C)Sc3ccc([N+](=O)[O-])cc3)CC2)cc1. The number of non-ortho nitro benzene ring substituents is 1. The highest BCUT2D eigenvalue weighted by Gasteiger charge is 2.25. The second-order valence-corrected chi connectivity index (χ2v) is 8.62. The van der Waals surface area contributed by atoms with Crippen LogP contribution < -0.4 is 9.47 Å². The molecule has 2 aromatic carbocycles. The summed E-state index contributed by atoms with van der Waals surface area (Å²) in [5, 5.41) is 10.5. The van der Waals surface area contributed by atoms with Gasteiger partial charge in [0.15, 0.2) is 0 Å². The van der Waals surface area contributed by atoms with E-state index >= 15 is 0 Å². The number of hydrogen-bond acceptors (Lipinski definition) is 7. The molecule has 0 aromatic heterocycles. The van der Waals surface area contributed by atoms with Crippen molar-refractivity contribution >= 4 is 23.4 Å². The maximum atomic E-state index is 12.8. The van der Waals surface area contributed by atoms with Gasteiger partial charge in [-0.25, -0.2) is 0 Å². The summed E-state index contributed by atoms with van der Waals surface area (Å²) in [6.07, 6.45) is 0. The van der Waals surface area contributed by atoms with Crippen molar-refractivity contribution in [1.29, 1.82) is 0 Å². The molecule has 3 rings (SSSR count). The van der Waals surface area contributed by atoms with E-state index in [0.29, 0.717) is 19.7 Å². The summed E-state index contributed by atoms with van der Waals surface area (Å²) in [4.78, 5) is 28.1. The fraction of sp³-hybridized carbons (Fsp3) is 0.409. The second kappa shape index (κ2) is 11.0. The van der Waals surface area contributed by atoms with Crippen LogP contribution in [0.2, 0.25) is 0 Å². The fourth-order valence-corrected chi connectivity index (χ4v) is 4.27. The molecule has 8 nitrogen and oxygen atoms in total. The summed E-state index contributed by atoms with van der Waals surface area (Å²) < 4.78 is 10.9. The zero-order chi connectivity index (χ0) is 22.2. The van der Waals surface area contributed by atoms with Gasteiger partial charge in [0.2, 0.25) is 5.91 Å². The van der Waals surface area contributed by atoms with Crippen molar-refractivity contribution in [3.8, 4) is 11.5 Å². The Labute approximate surface area is 186 Å². The number of nitro groups is 1. The summed E-state index contributed by atoms with van der Waals surface area (Å²) in [6.45, 7) is 6.27. The van der Waals surface area contributed by atoms with Crippen molar-refractivity contribution in [2.75, 3.05) is 46.4 Å². The quantitative estimate of drug-likeness (QED) is 0.333. The summed E-state index contributed by atoms with van der Waals surface area (Å²) in [5.41, 5.74) is 0.0513. The molecule has 1 saturated heterocycles. The lowest BCUT2D eigenvalue weighted by molar-refractivity contribution is -0.384. The van der Waals surface area contributed by atoms with Gasteiger partial charge in [0, 0.05) is 49.8 Å². The van der Waals surface area contributed by atoms with Crippen molar-refractivity contribution < 1.29 is 19.2 Å². The lowest BCUT2D eigenvalue weighted by Gasteiger charge is -2.35. The molecule has 1 heterocycles. The highest BCUT2D eigenvalue weighted by molar-refractivity contribution is 8.00. The molecule has 0 spiro atoms. The first-order chi connectivity index (χ1) is 15.0. The highest BCUT2D eigenvalue weighted by atomic mass is 32.2. The Balaban J connectivity index is 1.38. The van der Waals surface area contributed by atoms with Crippen LogP contribution in [-0.4, -0.2) is 72.3 Å². The molecule has 166 valence electrons. The van der Waals surface area contributed by atoms with Crippen LogP contribution in [0.3, 0.4) is 0 Å². The smallest absolute Gasteiger partial charge is 0.269 e. The predicted octanol–water partition coefficient (Wildman–Crippen LogP) is 3.31. The predicted molar refractivity (Wildman–Crippen MR) is 120 cm³/mol. The van der Waals surface area contributed by atoms with Gasteiger partial charge in [-0.2, -0.15) is 0 Å². The molecule has 0 bridgehead atoms. The Kier molecular flexibility index (Phi) is 8.13. The molecule has 0 unspecified atom stereocenters. The number of nitro benzene ring substituents is 1. The van der Waals surface area contributed by atoms with Gasteiger partial charge in [0.1, 0.15) is 18.1 Å². The number of hydrogen-bond donors (Lipinski definition) is 0. The van der Waals surface area contributed by atoms with E-state index in [1.165, 1.54) is 23.9 Å². The number of carbonyl (C=O) groups is 1. The first-order valence-corrected chi connectivity index (χ1v) is 11.0. The molecule has 0 aliphatic carbocycles. The van der Waals surface area contributed by atoms with Gasteiger partial charge < -0.3 is 14.4 Å². The van der Waals surface area contributed by atoms with Crippen LogP contribution in [0.25, 0.3) is 0 Å². The van der Waals surface area contributed by atoms with E-state index < -0.39 is 4.92 Å². The fourth-order valence-electron chi connectivity index (χ4n) is 3.31. The highest BCUT2D eigenvalue weighted by Crippen LogP contribution is 2.26. The Morgan fingerprint density at radius 1 is 1.06 bits per heavy atom. The van der Waals surface area contributed by atoms with Gasteiger partial charge >= 0.3 is 0 Å². The van der Waals surface area contributed by atoms with E-state index in [2.05, 4.69) is 4.90 Å². The van der Waals surface area contributed by atoms with Crippen molar-refractivity contribution in [1.82, 2.24) is 9.80 Å². The third-order valence-corrected chi connectivity index (χ3v) is 6.23. The molecule has 1 aliphatic rings. The van der Waals surface area contributed by atoms with E-state index in [-0.39, 0.29) is 16.8 Å². The molecule has 0 saturated carbocycles. The van der Waals surface area contributed by atoms with Gasteiger partial charge in [-0.3, -0.25) is 19.8 Å². The van der Waals surface area contributed by atoms with Gasteiger partial charge in [-0.1, -0.05) is 0 Å². The molecule has 0 N–H and O–H groups in total. The molecular formula is C22H27N3O5S. The number of thioether (sulfide) groups is 1.